The number of fused-ring (bicyclic) bond motifs is 3. The predicted molar refractivity (Wildman–Crippen MR) is 120 cm³/mol. The topological polar surface area (TPSA) is 74.8 Å². The average molecular weight is 490 g/mol. The van der Waals surface area contributed by atoms with E-state index in [0.717, 1.165) is 26.8 Å². The zero-order chi connectivity index (χ0) is 22.2. The predicted octanol–water partition coefficient (Wildman–Crippen LogP) is 4.45. The van der Waals surface area contributed by atoms with Crippen LogP contribution in [0.3, 0.4) is 0 Å². The van der Waals surface area contributed by atoms with Crippen LogP contribution in [0.1, 0.15) is 32.9 Å². The molecule has 4 heterocycles. The Morgan fingerprint density at radius 2 is 2.09 bits per heavy atom. The zero-order valence-corrected chi connectivity index (χ0v) is 18.5. The lowest BCUT2D eigenvalue weighted by molar-refractivity contribution is 0.0724. The van der Waals surface area contributed by atoms with Crippen LogP contribution in [-0.4, -0.2) is 31.9 Å². The molecule has 3 aromatic heterocycles. The average Bonchev–Trinajstić information content (AvgIpc) is 3.13. The van der Waals surface area contributed by atoms with E-state index in [-0.39, 0.29) is 18.0 Å². The highest BCUT2D eigenvalue weighted by Crippen LogP contribution is 2.31. The first kappa shape index (κ1) is 20.3. The number of benzene rings is 1. The fourth-order valence-electron chi connectivity index (χ4n) is 4.18. The Kier molecular flexibility index (Phi) is 5.19. The van der Waals surface area contributed by atoms with Crippen molar-refractivity contribution in [3.05, 3.63) is 93.2 Å². The molecule has 4 aromatic rings. The molecule has 0 spiro atoms. The van der Waals surface area contributed by atoms with Gasteiger partial charge in [0.25, 0.3) is 5.91 Å². The standard InChI is InChI=1S/C24H17BrFN5O/c25-17-5-6-21(29-12-17)24(32)30-9-7-18-19-2-1-8-28-23(19)31(22(18)14-30)13-16-4-3-15(11-27)10-20(16)26/h1-6,8,10,12H,7,9,13-14H2. The smallest absolute Gasteiger partial charge is 0.272 e. The Bertz CT molecular complexity index is 1390. The summed E-state index contributed by atoms with van der Waals surface area (Å²) in [6, 6.07) is 13.8. The van der Waals surface area contributed by atoms with Crippen LogP contribution in [0.5, 0.6) is 0 Å². The number of hydrogen-bond donors (Lipinski definition) is 0. The SMILES string of the molecule is N#Cc1ccc(Cn2c3c(c4cccnc42)CCN(C(=O)c2ccc(Br)cn2)C3)c(F)c1. The molecular weight excluding hydrogens is 473 g/mol. The Balaban J connectivity index is 1.54. The van der Waals surface area contributed by atoms with E-state index in [1.807, 2.05) is 22.8 Å². The van der Waals surface area contributed by atoms with Gasteiger partial charge in [0, 0.05) is 40.1 Å². The van der Waals surface area contributed by atoms with E-state index in [9.17, 15) is 9.18 Å². The molecular formula is C24H17BrFN5O. The van der Waals surface area contributed by atoms with E-state index in [1.54, 1.807) is 41.6 Å². The number of carbonyl (C=O) groups excluding carboxylic acids is 1. The Hall–Kier alpha value is -3.57. The normalized spacial score (nSPS) is 13.1. The van der Waals surface area contributed by atoms with Gasteiger partial charge in [0.2, 0.25) is 0 Å². The molecule has 0 radical (unpaired) electrons. The summed E-state index contributed by atoms with van der Waals surface area (Å²) in [5.41, 5.74) is 3.97. The third kappa shape index (κ3) is 3.55. The Morgan fingerprint density at radius 3 is 2.84 bits per heavy atom. The van der Waals surface area contributed by atoms with Gasteiger partial charge >= 0.3 is 0 Å². The van der Waals surface area contributed by atoms with Crippen molar-refractivity contribution in [1.29, 1.82) is 5.26 Å². The summed E-state index contributed by atoms with van der Waals surface area (Å²) in [4.78, 5) is 23.6. The van der Waals surface area contributed by atoms with Gasteiger partial charge in [0.05, 0.1) is 24.7 Å². The van der Waals surface area contributed by atoms with Crippen LogP contribution in [0.25, 0.3) is 11.0 Å². The van der Waals surface area contributed by atoms with Gasteiger partial charge in [-0.2, -0.15) is 5.26 Å². The summed E-state index contributed by atoms with van der Waals surface area (Å²) in [6.45, 7) is 1.22. The van der Waals surface area contributed by atoms with Crippen LogP contribution < -0.4 is 0 Å². The largest absolute Gasteiger partial charge is 0.331 e. The molecule has 0 fully saturated rings. The van der Waals surface area contributed by atoms with Gasteiger partial charge < -0.3 is 9.47 Å². The van der Waals surface area contributed by atoms with Crippen LogP contribution in [0.4, 0.5) is 4.39 Å². The number of halogens is 2. The molecule has 1 aliphatic heterocycles. The van der Waals surface area contributed by atoms with E-state index in [4.69, 9.17) is 5.26 Å². The van der Waals surface area contributed by atoms with Crippen LogP contribution in [-0.2, 0) is 19.5 Å². The molecule has 0 unspecified atom stereocenters. The highest BCUT2D eigenvalue weighted by Gasteiger charge is 2.28. The summed E-state index contributed by atoms with van der Waals surface area (Å²) in [5, 5.41) is 10.0. The lowest BCUT2D eigenvalue weighted by Crippen LogP contribution is -2.37. The Morgan fingerprint density at radius 1 is 1.22 bits per heavy atom. The fraction of sp³-hybridized carbons (Fsp3) is 0.167. The molecule has 0 saturated heterocycles. The molecule has 1 aliphatic rings. The molecule has 6 nitrogen and oxygen atoms in total. The van der Waals surface area contributed by atoms with E-state index >= 15 is 0 Å². The van der Waals surface area contributed by atoms with Gasteiger partial charge in [0.1, 0.15) is 17.2 Å². The van der Waals surface area contributed by atoms with Crippen molar-refractivity contribution in [3.63, 3.8) is 0 Å². The van der Waals surface area contributed by atoms with Gasteiger partial charge in [0.15, 0.2) is 0 Å². The molecule has 1 aromatic carbocycles. The van der Waals surface area contributed by atoms with E-state index in [1.165, 1.54) is 6.07 Å². The molecule has 1 amide bonds. The number of carbonyl (C=O) groups is 1. The number of hydrogen-bond acceptors (Lipinski definition) is 4. The summed E-state index contributed by atoms with van der Waals surface area (Å²) >= 11 is 3.34. The van der Waals surface area contributed by atoms with Crippen molar-refractivity contribution in [2.24, 2.45) is 0 Å². The molecule has 0 N–H and O–H groups in total. The number of pyridine rings is 2. The quantitative estimate of drug-likeness (QED) is 0.426. The maximum atomic E-state index is 14.7. The third-order valence-electron chi connectivity index (χ3n) is 5.76. The second-order valence-electron chi connectivity index (χ2n) is 7.64. The summed E-state index contributed by atoms with van der Waals surface area (Å²) in [7, 11) is 0. The van der Waals surface area contributed by atoms with Crippen molar-refractivity contribution >= 4 is 32.9 Å². The summed E-state index contributed by atoms with van der Waals surface area (Å²) in [6.07, 6.45) is 4.01. The molecule has 32 heavy (non-hydrogen) atoms. The summed E-state index contributed by atoms with van der Waals surface area (Å²) in [5.74, 6) is -0.573. The lowest BCUT2D eigenvalue weighted by Gasteiger charge is -2.28. The minimum absolute atomic E-state index is 0.141. The van der Waals surface area contributed by atoms with E-state index in [2.05, 4.69) is 25.9 Å². The molecule has 0 aliphatic carbocycles. The lowest BCUT2D eigenvalue weighted by atomic mass is 10.0. The highest BCUT2D eigenvalue weighted by atomic mass is 79.9. The second-order valence-corrected chi connectivity index (χ2v) is 8.56. The van der Waals surface area contributed by atoms with Crippen molar-refractivity contribution in [1.82, 2.24) is 19.4 Å². The number of nitriles is 1. The van der Waals surface area contributed by atoms with Crippen LogP contribution >= 0.6 is 15.9 Å². The monoisotopic (exact) mass is 489 g/mol. The van der Waals surface area contributed by atoms with Crippen LogP contribution in [0.15, 0.2) is 59.3 Å². The first-order valence-electron chi connectivity index (χ1n) is 10.1. The van der Waals surface area contributed by atoms with E-state index in [0.29, 0.717) is 30.8 Å². The fourth-order valence-corrected chi connectivity index (χ4v) is 4.42. The van der Waals surface area contributed by atoms with Gasteiger partial charge in [-0.25, -0.2) is 14.4 Å². The zero-order valence-electron chi connectivity index (χ0n) is 16.9. The van der Waals surface area contributed by atoms with Crippen molar-refractivity contribution < 1.29 is 9.18 Å². The van der Waals surface area contributed by atoms with Gasteiger partial charge in [-0.05, 0) is 64.3 Å². The molecule has 0 bridgehead atoms. The van der Waals surface area contributed by atoms with Crippen molar-refractivity contribution in [2.45, 2.75) is 19.5 Å². The van der Waals surface area contributed by atoms with Gasteiger partial charge in [-0.1, -0.05) is 6.07 Å². The molecule has 0 saturated carbocycles. The summed E-state index contributed by atoms with van der Waals surface area (Å²) < 4.78 is 17.4. The van der Waals surface area contributed by atoms with Gasteiger partial charge in [-0.3, -0.25) is 4.79 Å². The number of rotatable bonds is 3. The number of amides is 1. The van der Waals surface area contributed by atoms with Crippen LogP contribution in [0, 0.1) is 17.1 Å². The number of nitrogens with zero attached hydrogens (tertiary/aromatic N) is 5. The number of aromatic nitrogens is 3. The maximum absolute atomic E-state index is 14.7. The van der Waals surface area contributed by atoms with E-state index < -0.39 is 5.82 Å². The van der Waals surface area contributed by atoms with Crippen molar-refractivity contribution in [3.8, 4) is 6.07 Å². The van der Waals surface area contributed by atoms with Crippen molar-refractivity contribution in [2.75, 3.05) is 6.54 Å². The first-order valence-corrected chi connectivity index (χ1v) is 10.9. The maximum Gasteiger partial charge on any atom is 0.272 e. The van der Waals surface area contributed by atoms with Gasteiger partial charge in [-0.15, -0.1) is 0 Å². The highest BCUT2D eigenvalue weighted by molar-refractivity contribution is 9.10. The first-order chi connectivity index (χ1) is 15.5. The second kappa shape index (κ2) is 8.17. The molecule has 0 atom stereocenters. The Labute approximate surface area is 192 Å². The minimum Gasteiger partial charge on any atom is -0.331 e. The third-order valence-corrected chi connectivity index (χ3v) is 6.23. The molecule has 158 valence electrons. The molecule has 8 heteroatoms. The van der Waals surface area contributed by atoms with Crippen LogP contribution in [0.2, 0.25) is 0 Å². The molecule has 5 rings (SSSR count). The minimum atomic E-state index is -0.432.